The minimum Gasteiger partial charge on any atom is -0.493 e. The third kappa shape index (κ3) is 4.86. The van der Waals surface area contributed by atoms with Crippen LogP contribution in [0.1, 0.15) is 89.2 Å². The van der Waals surface area contributed by atoms with Gasteiger partial charge in [-0.3, -0.25) is 19.9 Å². The summed E-state index contributed by atoms with van der Waals surface area (Å²) in [5.74, 6) is 2.88. The molecule has 1 aromatic carbocycles. The number of aliphatic hydroxyl groups is 1. The lowest BCUT2D eigenvalue weighted by Gasteiger charge is -2.49. The summed E-state index contributed by atoms with van der Waals surface area (Å²) < 4.78 is 11.8. The Morgan fingerprint density at radius 2 is 2.02 bits per heavy atom. The normalized spacial score (nSPS) is 27.3. The number of nitrogens with zero attached hydrogens (tertiary/aromatic N) is 1. The van der Waals surface area contributed by atoms with Crippen molar-refractivity contribution in [2.45, 2.75) is 96.1 Å². The van der Waals surface area contributed by atoms with Gasteiger partial charge in [-0.15, -0.1) is 6.42 Å². The standard InChI is InChI=1S/C31H40N4O5/c1-8-12-20-23(9-2)40-29(5,6)30(7,38)26(20)33-27(37)19-13-14-24-21(17-19)22(15-16-39-24)35-25(36)18-31(10-3,11-4)34-28(35)32/h2,8,12-14,17,22,26,38H,10-11,15-16,18H2,1,3-7H3,(H2,32,34)(H,33,37)/b12-8-/t22-,26?,30?/m1/s1. The maximum absolute atomic E-state index is 13.7. The largest absolute Gasteiger partial charge is 0.493 e. The molecule has 0 aromatic heterocycles. The number of ether oxygens (including phenoxy) is 2. The quantitative estimate of drug-likeness (QED) is 0.399. The van der Waals surface area contributed by atoms with Gasteiger partial charge >= 0.3 is 0 Å². The SMILES string of the molecule is C#CC1=C(/C=C\C)C(NC(=O)c2ccc3c(c2)[C@H](N2C(=N)NC(CC)(CC)CC2=O)CCO3)C(C)(O)C(C)(C)O1. The lowest BCUT2D eigenvalue weighted by Crippen LogP contribution is -2.65. The van der Waals surface area contributed by atoms with Crippen LogP contribution in [0.25, 0.3) is 0 Å². The lowest BCUT2D eigenvalue weighted by molar-refractivity contribution is -0.153. The molecule has 1 aromatic rings. The minimum atomic E-state index is -1.50. The first-order valence-corrected chi connectivity index (χ1v) is 13.9. The summed E-state index contributed by atoms with van der Waals surface area (Å²) in [6, 6.07) is 3.76. The Balaban J connectivity index is 1.68. The van der Waals surface area contributed by atoms with Crippen molar-refractivity contribution in [1.29, 1.82) is 5.41 Å². The number of hydrogen-bond donors (Lipinski definition) is 4. The first kappa shape index (κ1) is 29.2. The van der Waals surface area contributed by atoms with Crippen LogP contribution in [0.5, 0.6) is 5.75 Å². The number of nitrogens with one attached hydrogen (secondary N) is 3. The van der Waals surface area contributed by atoms with Crippen LogP contribution in [0.4, 0.5) is 0 Å². The molecule has 3 aliphatic rings. The van der Waals surface area contributed by atoms with Crippen LogP contribution in [0, 0.1) is 17.8 Å². The number of rotatable bonds is 6. The number of carbonyl (C=O) groups excluding carboxylic acids is 2. The van der Waals surface area contributed by atoms with Gasteiger partial charge in [0.15, 0.2) is 11.7 Å². The van der Waals surface area contributed by atoms with Gasteiger partial charge in [-0.25, -0.2) is 0 Å². The van der Waals surface area contributed by atoms with Gasteiger partial charge in [0, 0.05) is 28.7 Å². The van der Waals surface area contributed by atoms with Crippen molar-refractivity contribution in [2.24, 2.45) is 0 Å². The molecule has 0 spiro atoms. The van der Waals surface area contributed by atoms with Gasteiger partial charge in [0.1, 0.15) is 17.0 Å². The number of benzene rings is 1. The highest BCUT2D eigenvalue weighted by molar-refractivity contribution is 6.00. The average molecular weight is 549 g/mol. The van der Waals surface area contributed by atoms with Crippen molar-refractivity contribution in [1.82, 2.24) is 15.5 Å². The molecular weight excluding hydrogens is 508 g/mol. The smallest absolute Gasteiger partial charge is 0.251 e. The zero-order valence-electron chi connectivity index (χ0n) is 24.2. The van der Waals surface area contributed by atoms with Crippen molar-refractivity contribution in [3.8, 4) is 18.1 Å². The number of fused-ring (bicyclic) bond motifs is 1. The second-order valence-corrected chi connectivity index (χ2v) is 11.4. The van der Waals surface area contributed by atoms with Crippen molar-refractivity contribution in [2.75, 3.05) is 6.61 Å². The Labute approximate surface area is 236 Å². The van der Waals surface area contributed by atoms with E-state index in [4.69, 9.17) is 21.3 Å². The van der Waals surface area contributed by atoms with E-state index in [9.17, 15) is 14.7 Å². The van der Waals surface area contributed by atoms with E-state index in [1.165, 1.54) is 4.90 Å². The molecule has 2 unspecified atom stereocenters. The molecule has 4 rings (SSSR count). The topological polar surface area (TPSA) is 124 Å². The van der Waals surface area contributed by atoms with Crippen molar-refractivity contribution in [3.63, 3.8) is 0 Å². The first-order chi connectivity index (χ1) is 18.8. The van der Waals surface area contributed by atoms with Gasteiger partial charge in [-0.1, -0.05) is 26.0 Å². The van der Waals surface area contributed by atoms with Crippen LogP contribution in [0.3, 0.4) is 0 Å². The molecule has 4 N–H and O–H groups in total. The summed E-state index contributed by atoms with van der Waals surface area (Å²) >= 11 is 0. The van der Waals surface area contributed by atoms with Crippen molar-refractivity contribution in [3.05, 3.63) is 52.8 Å². The van der Waals surface area contributed by atoms with Crippen LogP contribution in [-0.2, 0) is 9.53 Å². The summed E-state index contributed by atoms with van der Waals surface area (Å²) in [5, 5.41) is 26.5. The Morgan fingerprint density at radius 3 is 2.62 bits per heavy atom. The van der Waals surface area contributed by atoms with E-state index in [-0.39, 0.29) is 17.6 Å². The highest BCUT2D eigenvalue weighted by Gasteiger charge is 2.53. The number of allylic oxidation sites excluding steroid dienone is 2. The highest BCUT2D eigenvalue weighted by Crippen LogP contribution is 2.41. The van der Waals surface area contributed by atoms with Crippen LogP contribution >= 0.6 is 0 Å². The van der Waals surface area contributed by atoms with E-state index >= 15 is 0 Å². The fourth-order valence-electron chi connectivity index (χ4n) is 5.74. The van der Waals surface area contributed by atoms with Crippen molar-refractivity contribution >= 4 is 17.8 Å². The minimum absolute atomic E-state index is 0.0658. The monoisotopic (exact) mass is 548 g/mol. The van der Waals surface area contributed by atoms with Crippen LogP contribution in [-0.4, -0.2) is 57.2 Å². The van der Waals surface area contributed by atoms with Gasteiger partial charge < -0.3 is 25.2 Å². The number of terminal acetylenes is 1. The predicted molar refractivity (Wildman–Crippen MR) is 153 cm³/mol. The van der Waals surface area contributed by atoms with Gasteiger partial charge in [0.05, 0.1) is 25.1 Å². The molecule has 0 saturated carbocycles. The second-order valence-electron chi connectivity index (χ2n) is 11.4. The third-order valence-electron chi connectivity index (χ3n) is 8.79. The van der Waals surface area contributed by atoms with E-state index in [0.717, 1.165) is 12.8 Å². The number of amides is 2. The zero-order valence-corrected chi connectivity index (χ0v) is 24.2. The molecule has 2 amide bonds. The van der Waals surface area contributed by atoms with E-state index in [1.807, 2.05) is 20.8 Å². The summed E-state index contributed by atoms with van der Waals surface area (Å²) in [5.41, 5.74) is -1.52. The summed E-state index contributed by atoms with van der Waals surface area (Å²) in [6.45, 7) is 11.3. The predicted octanol–water partition coefficient (Wildman–Crippen LogP) is 3.95. The molecule has 9 heteroatoms. The van der Waals surface area contributed by atoms with E-state index in [1.54, 1.807) is 51.1 Å². The van der Waals surface area contributed by atoms with Crippen LogP contribution in [0.15, 0.2) is 41.7 Å². The fraction of sp³-hybridized carbons (Fsp3) is 0.516. The fourth-order valence-corrected chi connectivity index (χ4v) is 5.74. The lowest BCUT2D eigenvalue weighted by atomic mass is 9.75. The molecule has 0 bridgehead atoms. The average Bonchev–Trinajstić information content (AvgIpc) is 2.92. The maximum Gasteiger partial charge on any atom is 0.251 e. The Morgan fingerprint density at radius 1 is 1.32 bits per heavy atom. The molecule has 0 radical (unpaired) electrons. The number of guanidine groups is 1. The molecule has 1 saturated heterocycles. The van der Waals surface area contributed by atoms with Gasteiger partial charge in [0.2, 0.25) is 5.91 Å². The Kier molecular flexibility index (Phi) is 7.79. The van der Waals surface area contributed by atoms with E-state index < -0.39 is 34.7 Å². The third-order valence-corrected chi connectivity index (χ3v) is 8.79. The number of hydrogen-bond acceptors (Lipinski definition) is 6. The van der Waals surface area contributed by atoms with Gasteiger partial charge in [0.25, 0.3) is 5.91 Å². The van der Waals surface area contributed by atoms with E-state index in [0.29, 0.717) is 41.9 Å². The zero-order chi connectivity index (χ0) is 29.5. The second kappa shape index (κ2) is 10.7. The van der Waals surface area contributed by atoms with E-state index in [2.05, 4.69) is 16.6 Å². The molecule has 1 fully saturated rings. The van der Waals surface area contributed by atoms with Crippen LogP contribution < -0.4 is 15.4 Å². The van der Waals surface area contributed by atoms with Gasteiger partial charge in [-0.05, 0) is 64.7 Å². The molecular formula is C31H40N4O5. The molecule has 0 aliphatic carbocycles. The number of carbonyl (C=O) groups is 2. The molecule has 9 nitrogen and oxygen atoms in total. The first-order valence-electron chi connectivity index (χ1n) is 13.9. The highest BCUT2D eigenvalue weighted by atomic mass is 16.5. The maximum atomic E-state index is 13.7. The molecule has 214 valence electrons. The van der Waals surface area contributed by atoms with Crippen molar-refractivity contribution < 1.29 is 24.2 Å². The summed E-state index contributed by atoms with van der Waals surface area (Å²) in [6.07, 6.45) is 11.5. The van der Waals surface area contributed by atoms with Crippen LogP contribution in [0.2, 0.25) is 0 Å². The summed E-state index contributed by atoms with van der Waals surface area (Å²) in [7, 11) is 0. The molecule has 40 heavy (non-hydrogen) atoms. The summed E-state index contributed by atoms with van der Waals surface area (Å²) in [4.78, 5) is 28.5. The molecule has 3 heterocycles. The molecule has 3 atom stereocenters. The molecule has 3 aliphatic heterocycles. The van der Waals surface area contributed by atoms with Gasteiger partial charge in [-0.2, -0.15) is 0 Å². The Hall–Kier alpha value is -3.77. The Bertz CT molecular complexity index is 1300.